The summed E-state index contributed by atoms with van der Waals surface area (Å²) in [5.41, 5.74) is 1.20. The molecule has 1 aromatic carbocycles. The van der Waals surface area contributed by atoms with Crippen molar-refractivity contribution in [2.45, 2.75) is 20.5 Å². The molecule has 0 aromatic heterocycles. The number of hydrogen-bond acceptors (Lipinski definition) is 1. The third-order valence-electron chi connectivity index (χ3n) is 1.65. The Morgan fingerprint density at radius 1 is 1.23 bits per heavy atom. The molecule has 0 atom stereocenters. The van der Waals surface area contributed by atoms with Crippen molar-refractivity contribution in [1.82, 2.24) is 0 Å². The number of allylic oxidation sites excluding steroid dienone is 1. The Morgan fingerprint density at radius 3 is 2.54 bits per heavy atom. The van der Waals surface area contributed by atoms with Gasteiger partial charge in [-0.2, -0.15) is 0 Å². The van der Waals surface area contributed by atoms with E-state index in [1.807, 2.05) is 24.3 Å². The van der Waals surface area contributed by atoms with Crippen LogP contribution in [-0.4, -0.2) is 0 Å². The predicted octanol–water partition coefficient (Wildman–Crippen LogP) is 3.37. The van der Waals surface area contributed by atoms with Gasteiger partial charge in [0.15, 0.2) is 0 Å². The molecule has 0 bridgehead atoms. The van der Waals surface area contributed by atoms with Gasteiger partial charge in [0.1, 0.15) is 6.61 Å². The molecule has 1 aromatic rings. The lowest BCUT2D eigenvalue weighted by Crippen LogP contribution is -1.86. The monoisotopic (exact) mass is 176 g/mol. The van der Waals surface area contributed by atoms with Crippen LogP contribution in [0, 0.1) is 5.92 Å². The summed E-state index contributed by atoms with van der Waals surface area (Å²) in [5, 5.41) is 0. The van der Waals surface area contributed by atoms with Gasteiger partial charge in [-0.15, -0.1) is 0 Å². The first-order valence-corrected chi connectivity index (χ1v) is 4.61. The second-order valence-electron chi connectivity index (χ2n) is 3.37. The molecule has 0 saturated carbocycles. The molecule has 0 aliphatic carbocycles. The van der Waals surface area contributed by atoms with Gasteiger partial charge >= 0.3 is 0 Å². The van der Waals surface area contributed by atoms with Crippen LogP contribution in [0.4, 0.5) is 0 Å². The Hall–Kier alpha value is -1.24. The van der Waals surface area contributed by atoms with E-state index in [1.165, 1.54) is 5.56 Å². The summed E-state index contributed by atoms with van der Waals surface area (Å²) >= 11 is 0. The molecule has 1 nitrogen and oxygen atoms in total. The van der Waals surface area contributed by atoms with Gasteiger partial charge in [0.2, 0.25) is 0 Å². The maximum Gasteiger partial charge on any atom is 0.112 e. The Kier molecular flexibility index (Phi) is 4.10. The van der Waals surface area contributed by atoms with E-state index < -0.39 is 0 Å². The van der Waals surface area contributed by atoms with Gasteiger partial charge in [-0.25, -0.2) is 0 Å². The van der Waals surface area contributed by atoms with E-state index in [9.17, 15) is 0 Å². The van der Waals surface area contributed by atoms with Crippen molar-refractivity contribution in [3.05, 3.63) is 48.2 Å². The van der Waals surface area contributed by atoms with E-state index in [2.05, 4.69) is 26.0 Å². The Labute approximate surface area is 80.0 Å². The van der Waals surface area contributed by atoms with Crippen LogP contribution in [0.15, 0.2) is 42.7 Å². The minimum atomic E-state index is 0.552. The van der Waals surface area contributed by atoms with Gasteiger partial charge in [-0.3, -0.25) is 0 Å². The highest BCUT2D eigenvalue weighted by atomic mass is 16.5. The van der Waals surface area contributed by atoms with E-state index >= 15 is 0 Å². The highest BCUT2D eigenvalue weighted by Crippen LogP contribution is 2.01. The fourth-order valence-electron chi connectivity index (χ4n) is 0.931. The molecule has 0 aliphatic rings. The average molecular weight is 176 g/mol. The molecule has 70 valence electrons. The quantitative estimate of drug-likeness (QED) is 0.639. The third kappa shape index (κ3) is 4.36. The van der Waals surface area contributed by atoms with Crippen LogP contribution in [0.25, 0.3) is 0 Å². The summed E-state index contributed by atoms with van der Waals surface area (Å²) in [7, 11) is 0. The van der Waals surface area contributed by atoms with Crippen LogP contribution in [0.2, 0.25) is 0 Å². The fourth-order valence-corrected chi connectivity index (χ4v) is 0.931. The molecule has 0 amide bonds. The van der Waals surface area contributed by atoms with Crippen LogP contribution in [0.3, 0.4) is 0 Å². The first-order valence-electron chi connectivity index (χ1n) is 4.61. The zero-order valence-electron chi connectivity index (χ0n) is 8.23. The van der Waals surface area contributed by atoms with Crippen molar-refractivity contribution in [3.8, 4) is 0 Å². The predicted molar refractivity (Wildman–Crippen MR) is 55.2 cm³/mol. The molecular formula is C12H16O. The van der Waals surface area contributed by atoms with Crippen molar-refractivity contribution in [1.29, 1.82) is 0 Å². The highest BCUT2D eigenvalue weighted by Gasteiger charge is 1.88. The fraction of sp³-hybridized carbons (Fsp3) is 0.333. The molecule has 0 unspecified atom stereocenters. The summed E-state index contributed by atoms with van der Waals surface area (Å²) in [6.45, 7) is 4.91. The zero-order chi connectivity index (χ0) is 9.52. The molecule has 0 spiro atoms. The van der Waals surface area contributed by atoms with Crippen molar-refractivity contribution in [2.24, 2.45) is 5.92 Å². The minimum absolute atomic E-state index is 0.552. The average Bonchev–Trinajstić information content (AvgIpc) is 2.14. The topological polar surface area (TPSA) is 9.23 Å². The second-order valence-corrected chi connectivity index (χ2v) is 3.37. The number of benzene rings is 1. The summed E-state index contributed by atoms with van der Waals surface area (Å²) in [6, 6.07) is 10.2. The standard InChI is InChI=1S/C12H16O/c1-11(2)8-9-13-10-12-6-4-3-5-7-12/h3-9,11H,10H2,1-2H3/b9-8-. The van der Waals surface area contributed by atoms with E-state index in [1.54, 1.807) is 6.26 Å². The second kappa shape index (κ2) is 5.41. The van der Waals surface area contributed by atoms with Gasteiger partial charge in [0.05, 0.1) is 6.26 Å². The van der Waals surface area contributed by atoms with E-state index in [0.717, 1.165) is 0 Å². The van der Waals surface area contributed by atoms with Crippen LogP contribution in [0.5, 0.6) is 0 Å². The Morgan fingerprint density at radius 2 is 1.92 bits per heavy atom. The smallest absolute Gasteiger partial charge is 0.112 e. The normalized spacial score (nSPS) is 11.0. The van der Waals surface area contributed by atoms with E-state index in [-0.39, 0.29) is 0 Å². The van der Waals surface area contributed by atoms with Gasteiger partial charge in [-0.05, 0) is 17.6 Å². The molecule has 1 rings (SSSR count). The van der Waals surface area contributed by atoms with Crippen LogP contribution in [0.1, 0.15) is 19.4 Å². The molecule has 0 aliphatic heterocycles. The van der Waals surface area contributed by atoms with Crippen LogP contribution < -0.4 is 0 Å². The number of rotatable bonds is 4. The van der Waals surface area contributed by atoms with Gasteiger partial charge in [0.25, 0.3) is 0 Å². The van der Waals surface area contributed by atoms with Crippen LogP contribution in [-0.2, 0) is 11.3 Å². The van der Waals surface area contributed by atoms with Crippen LogP contribution >= 0.6 is 0 Å². The SMILES string of the molecule is CC(C)/C=C\OCc1ccccc1. The van der Waals surface area contributed by atoms with Crippen molar-refractivity contribution in [3.63, 3.8) is 0 Å². The maximum absolute atomic E-state index is 5.35. The maximum atomic E-state index is 5.35. The van der Waals surface area contributed by atoms with Gasteiger partial charge in [-0.1, -0.05) is 44.2 Å². The molecule has 0 heterocycles. The molecule has 0 saturated heterocycles. The third-order valence-corrected chi connectivity index (χ3v) is 1.65. The van der Waals surface area contributed by atoms with Crippen molar-refractivity contribution < 1.29 is 4.74 Å². The van der Waals surface area contributed by atoms with Crippen molar-refractivity contribution in [2.75, 3.05) is 0 Å². The molecule has 1 heteroatoms. The molecule has 0 fully saturated rings. The first kappa shape index (κ1) is 9.85. The van der Waals surface area contributed by atoms with E-state index in [4.69, 9.17) is 4.74 Å². The number of ether oxygens (including phenoxy) is 1. The molecule has 0 N–H and O–H groups in total. The first-order chi connectivity index (χ1) is 6.29. The van der Waals surface area contributed by atoms with Gasteiger partial charge < -0.3 is 4.74 Å². The largest absolute Gasteiger partial charge is 0.497 e. The summed E-state index contributed by atoms with van der Waals surface area (Å²) in [4.78, 5) is 0. The van der Waals surface area contributed by atoms with Gasteiger partial charge in [0, 0.05) is 0 Å². The minimum Gasteiger partial charge on any atom is -0.497 e. The Bertz CT molecular complexity index is 249. The summed E-state index contributed by atoms with van der Waals surface area (Å²) in [5.74, 6) is 0.552. The number of hydrogen-bond donors (Lipinski definition) is 0. The molecular weight excluding hydrogens is 160 g/mol. The molecule has 13 heavy (non-hydrogen) atoms. The van der Waals surface area contributed by atoms with Crippen molar-refractivity contribution >= 4 is 0 Å². The Balaban J connectivity index is 2.28. The molecule has 0 radical (unpaired) electrons. The lowest BCUT2D eigenvalue weighted by atomic mass is 10.2. The lowest BCUT2D eigenvalue weighted by Gasteiger charge is -2.00. The highest BCUT2D eigenvalue weighted by molar-refractivity contribution is 5.13. The zero-order valence-corrected chi connectivity index (χ0v) is 8.23. The van der Waals surface area contributed by atoms with E-state index in [0.29, 0.717) is 12.5 Å². The summed E-state index contributed by atoms with van der Waals surface area (Å²) < 4.78 is 5.35. The summed E-state index contributed by atoms with van der Waals surface area (Å²) in [6.07, 6.45) is 3.82. The lowest BCUT2D eigenvalue weighted by molar-refractivity contribution is 0.234.